The van der Waals surface area contributed by atoms with E-state index in [-0.39, 0.29) is 23.4 Å². The van der Waals surface area contributed by atoms with Gasteiger partial charge in [-0.1, -0.05) is 45.0 Å². The average Bonchev–Trinajstić information content (AvgIpc) is 3.05. The zero-order valence-electron chi connectivity index (χ0n) is 15.8. The highest BCUT2D eigenvalue weighted by atomic mass is 35.5. The van der Waals surface area contributed by atoms with E-state index in [1.54, 1.807) is 11.3 Å². The molecule has 0 atom stereocenters. The minimum Gasteiger partial charge on any atom is -0.381 e. The van der Waals surface area contributed by atoms with Crippen molar-refractivity contribution in [2.24, 2.45) is 0 Å². The number of hydrogen-bond acceptors (Lipinski definition) is 4. The van der Waals surface area contributed by atoms with Gasteiger partial charge in [-0.15, -0.1) is 23.7 Å². The Morgan fingerprint density at radius 3 is 2.20 bits per heavy atom. The third-order valence-electron chi connectivity index (χ3n) is 5.12. The van der Waals surface area contributed by atoms with Gasteiger partial charge in [0.1, 0.15) is 5.01 Å². The number of aromatic nitrogens is 1. The fourth-order valence-electron chi connectivity index (χ4n) is 3.32. The molecule has 1 aliphatic rings. The molecular weight excluding hydrogens is 352 g/mol. The molecule has 0 bridgehead atoms. The molecule has 0 saturated carbocycles. The second kappa shape index (κ2) is 7.75. The summed E-state index contributed by atoms with van der Waals surface area (Å²) in [5.74, 6) is 0. The summed E-state index contributed by atoms with van der Waals surface area (Å²) in [7, 11) is 4.31. The number of nitrogens with zero attached hydrogens (tertiary/aromatic N) is 2. The minimum absolute atomic E-state index is 0. The summed E-state index contributed by atoms with van der Waals surface area (Å²) in [4.78, 5) is 7.33. The van der Waals surface area contributed by atoms with Crippen LogP contribution in [0, 0.1) is 0 Å². The summed E-state index contributed by atoms with van der Waals surface area (Å²) in [6.45, 7) is 8.36. The lowest BCUT2D eigenvalue weighted by Gasteiger charge is -2.41. The normalized spacial score (nSPS) is 17.4. The summed E-state index contributed by atoms with van der Waals surface area (Å²) in [5, 5.41) is 3.41. The molecular formula is C20H29ClN2OS. The van der Waals surface area contributed by atoms with Crippen LogP contribution in [0.2, 0.25) is 0 Å². The van der Waals surface area contributed by atoms with Crippen LogP contribution in [0.3, 0.4) is 0 Å². The van der Waals surface area contributed by atoms with E-state index < -0.39 is 0 Å². The van der Waals surface area contributed by atoms with Crippen LogP contribution in [-0.4, -0.2) is 37.2 Å². The summed E-state index contributed by atoms with van der Waals surface area (Å²) < 4.78 is 5.58. The van der Waals surface area contributed by atoms with E-state index >= 15 is 0 Å². The van der Waals surface area contributed by atoms with Crippen molar-refractivity contribution in [3.05, 3.63) is 40.2 Å². The minimum atomic E-state index is 0. The van der Waals surface area contributed by atoms with Crippen LogP contribution in [0.1, 0.15) is 44.2 Å². The summed E-state index contributed by atoms with van der Waals surface area (Å²) >= 11 is 1.78. The Balaban J connectivity index is 0.00000225. The third-order valence-corrected chi connectivity index (χ3v) is 6.16. The number of rotatable bonds is 3. The van der Waals surface area contributed by atoms with Gasteiger partial charge in [0.15, 0.2) is 0 Å². The molecule has 1 aliphatic heterocycles. The van der Waals surface area contributed by atoms with Crippen molar-refractivity contribution in [2.75, 3.05) is 27.3 Å². The van der Waals surface area contributed by atoms with E-state index in [9.17, 15) is 0 Å². The second-order valence-corrected chi connectivity index (χ2v) is 8.76. The number of benzene rings is 1. The second-order valence-electron chi connectivity index (χ2n) is 7.90. The number of ether oxygens (including phenoxy) is 1. The molecule has 1 fully saturated rings. The predicted octanol–water partition coefficient (Wildman–Crippen LogP) is 5.10. The summed E-state index contributed by atoms with van der Waals surface area (Å²) in [6, 6.07) is 8.85. The van der Waals surface area contributed by atoms with Crippen LogP contribution in [0.5, 0.6) is 0 Å². The third kappa shape index (κ3) is 4.08. The van der Waals surface area contributed by atoms with E-state index in [0.29, 0.717) is 0 Å². The fraction of sp³-hybridized carbons (Fsp3) is 0.550. The Morgan fingerprint density at radius 1 is 1.08 bits per heavy atom. The molecule has 0 unspecified atom stereocenters. The Morgan fingerprint density at radius 2 is 1.68 bits per heavy atom. The summed E-state index contributed by atoms with van der Waals surface area (Å²) in [5.41, 5.74) is 3.85. The van der Waals surface area contributed by atoms with Crippen molar-refractivity contribution in [3.63, 3.8) is 0 Å². The molecule has 3 rings (SSSR count). The maximum absolute atomic E-state index is 5.58. The van der Waals surface area contributed by atoms with E-state index in [0.717, 1.165) is 31.7 Å². The van der Waals surface area contributed by atoms with Crippen LogP contribution < -0.4 is 0 Å². The van der Waals surface area contributed by atoms with Gasteiger partial charge in [0.05, 0.1) is 11.2 Å². The van der Waals surface area contributed by atoms with Crippen LogP contribution in [0.4, 0.5) is 0 Å². The molecule has 138 valence electrons. The molecule has 1 aromatic carbocycles. The van der Waals surface area contributed by atoms with E-state index in [4.69, 9.17) is 9.72 Å². The van der Waals surface area contributed by atoms with Gasteiger partial charge in [0.2, 0.25) is 0 Å². The SMILES string of the molecule is CN(C)C1(c2nc(-c3ccc(C(C)(C)C)cc3)cs2)CCOCC1.Cl. The number of hydrogen-bond donors (Lipinski definition) is 0. The van der Waals surface area contributed by atoms with Gasteiger partial charge < -0.3 is 4.74 Å². The predicted molar refractivity (Wildman–Crippen MR) is 109 cm³/mol. The van der Waals surface area contributed by atoms with Crippen molar-refractivity contribution in [3.8, 4) is 11.3 Å². The maximum atomic E-state index is 5.58. The first-order valence-electron chi connectivity index (χ1n) is 8.65. The molecule has 0 spiro atoms. The zero-order chi connectivity index (χ0) is 17.4. The zero-order valence-corrected chi connectivity index (χ0v) is 17.5. The Bertz CT molecular complexity index is 682. The summed E-state index contributed by atoms with van der Waals surface area (Å²) in [6.07, 6.45) is 2.02. The van der Waals surface area contributed by atoms with Crippen molar-refractivity contribution >= 4 is 23.7 Å². The van der Waals surface area contributed by atoms with Crippen molar-refractivity contribution in [2.45, 2.75) is 44.6 Å². The molecule has 0 N–H and O–H groups in total. The fourth-order valence-corrected chi connectivity index (χ4v) is 4.49. The number of halogens is 1. The molecule has 1 aromatic heterocycles. The van der Waals surface area contributed by atoms with Crippen LogP contribution >= 0.6 is 23.7 Å². The molecule has 2 aromatic rings. The molecule has 0 radical (unpaired) electrons. The first kappa shape index (κ1) is 20.4. The lowest BCUT2D eigenvalue weighted by molar-refractivity contribution is -0.0106. The van der Waals surface area contributed by atoms with Gasteiger partial charge in [0, 0.05) is 24.2 Å². The molecule has 1 saturated heterocycles. The van der Waals surface area contributed by atoms with Crippen LogP contribution in [0.25, 0.3) is 11.3 Å². The van der Waals surface area contributed by atoms with Crippen LogP contribution in [-0.2, 0) is 15.7 Å². The monoisotopic (exact) mass is 380 g/mol. The number of thiazole rings is 1. The van der Waals surface area contributed by atoms with Gasteiger partial charge in [-0.25, -0.2) is 4.98 Å². The standard InChI is InChI=1S/C20H28N2OS.ClH/c1-19(2,3)16-8-6-15(7-9-16)17-14-24-18(21-17)20(22(4)5)10-12-23-13-11-20;/h6-9,14H,10-13H2,1-5H3;1H. The van der Waals surface area contributed by atoms with Crippen LogP contribution in [0.15, 0.2) is 29.6 Å². The highest BCUT2D eigenvalue weighted by Crippen LogP contribution is 2.39. The van der Waals surface area contributed by atoms with Gasteiger partial charge >= 0.3 is 0 Å². The highest BCUT2D eigenvalue weighted by molar-refractivity contribution is 7.10. The van der Waals surface area contributed by atoms with E-state index in [1.165, 1.54) is 16.1 Å². The Kier molecular flexibility index (Phi) is 6.31. The average molecular weight is 381 g/mol. The maximum Gasteiger partial charge on any atom is 0.114 e. The van der Waals surface area contributed by atoms with Gasteiger partial charge in [-0.05, 0) is 37.9 Å². The molecule has 0 aliphatic carbocycles. The topological polar surface area (TPSA) is 25.4 Å². The molecule has 0 amide bonds. The van der Waals surface area contributed by atoms with Gasteiger partial charge in [-0.2, -0.15) is 0 Å². The highest BCUT2D eigenvalue weighted by Gasteiger charge is 2.39. The molecule has 3 nitrogen and oxygen atoms in total. The largest absolute Gasteiger partial charge is 0.381 e. The first-order chi connectivity index (χ1) is 11.3. The Hall–Kier alpha value is -0.940. The molecule has 25 heavy (non-hydrogen) atoms. The van der Waals surface area contributed by atoms with Crippen molar-refractivity contribution in [1.82, 2.24) is 9.88 Å². The lowest BCUT2D eigenvalue weighted by Crippen LogP contribution is -2.45. The molecule has 2 heterocycles. The van der Waals surface area contributed by atoms with E-state index in [2.05, 4.69) is 69.4 Å². The van der Waals surface area contributed by atoms with E-state index in [1.807, 2.05) is 0 Å². The smallest absolute Gasteiger partial charge is 0.114 e. The van der Waals surface area contributed by atoms with Gasteiger partial charge in [0.25, 0.3) is 0 Å². The first-order valence-corrected chi connectivity index (χ1v) is 9.53. The lowest BCUT2D eigenvalue weighted by atomic mass is 9.86. The quantitative estimate of drug-likeness (QED) is 0.740. The Labute approximate surface area is 161 Å². The van der Waals surface area contributed by atoms with Crippen molar-refractivity contribution in [1.29, 1.82) is 0 Å². The molecule has 5 heteroatoms. The van der Waals surface area contributed by atoms with Gasteiger partial charge in [-0.3, -0.25) is 4.90 Å². The van der Waals surface area contributed by atoms with Crippen molar-refractivity contribution < 1.29 is 4.74 Å².